The van der Waals surface area contributed by atoms with Crippen molar-refractivity contribution in [3.05, 3.63) is 48.0 Å². The number of benzene rings is 1. The third kappa shape index (κ3) is 1.25. The summed E-state index contributed by atoms with van der Waals surface area (Å²) >= 11 is 0. The molecule has 1 aliphatic rings. The van der Waals surface area contributed by atoms with Crippen molar-refractivity contribution in [2.75, 3.05) is 0 Å². The minimum atomic E-state index is -0.731. The fourth-order valence-corrected chi connectivity index (χ4v) is 2.22. The molecule has 1 aliphatic carbocycles. The van der Waals surface area contributed by atoms with Gasteiger partial charge in [0.05, 0.1) is 11.5 Å². The first-order valence-electron chi connectivity index (χ1n) is 5.04. The van der Waals surface area contributed by atoms with E-state index in [0.717, 1.165) is 5.56 Å². The molecule has 0 aliphatic heterocycles. The minimum Gasteiger partial charge on any atom is -0.387 e. The molecule has 78 valence electrons. The molecule has 0 aromatic heterocycles. The average Bonchev–Trinajstić information content (AvgIpc) is 2.43. The molecule has 0 bridgehead atoms. The molecule has 1 aromatic carbocycles. The largest absolute Gasteiger partial charge is 0.387 e. The molecular formula is C13H14O2. The lowest BCUT2D eigenvalue weighted by molar-refractivity contribution is 0.0427. The van der Waals surface area contributed by atoms with E-state index >= 15 is 0 Å². The Balaban J connectivity index is 2.53. The van der Waals surface area contributed by atoms with E-state index < -0.39 is 11.5 Å². The Bertz CT molecular complexity index is 422. The third-order valence-corrected chi connectivity index (χ3v) is 3.19. The van der Waals surface area contributed by atoms with Crippen LogP contribution in [0.25, 0.3) is 0 Å². The zero-order chi connectivity index (χ0) is 11.1. The number of carbonyl (C=O) groups excluding carboxylic acids is 1. The third-order valence-electron chi connectivity index (χ3n) is 3.19. The summed E-state index contributed by atoms with van der Waals surface area (Å²) in [6.45, 7) is 5.43. The lowest BCUT2D eigenvalue weighted by Crippen LogP contribution is -2.27. The fraction of sp³-hybridized carbons (Fsp3) is 0.308. The van der Waals surface area contributed by atoms with Crippen LogP contribution in [0, 0.1) is 5.41 Å². The zero-order valence-corrected chi connectivity index (χ0v) is 8.73. The van der Waals surface area contributed by atoms with Gasteiger partial charge in [-0.2, -0.15) is 0 Å². The summed E-state index contributed by atoms with van der Waals surface area (Å²) in [5, 5.41) is 10.1. The Hall–Kier alpha value is -1.41. The van der Waals surface area contributed by atoms with Crippen LogP contribution in [0.4, 0.5) is 0 Å². The highest BCUT2D eigenvalue weighted by Gasteiger charge is 2.47. The van der Waals surface area contributed by atoms with Crippen molar-refractivity contribution in [2.45, 2.75) is 19.4 Å². The van der Waals surface area contributed by atoms with Crippen LogP contribution in [0.15, 0.2) is 36.9 Å². The summed E-state index contributed by atoms with van der Waals surface area (Å²) in [4.78, 5) is 12.1. The number of rotatable bonds is 2. The summed E-state index contributed by atoms with van der Waals surface area (Å²) in [7, 11) is 0. The summed E-state index contributed by atoms with van der Waals surface area (Å²) in [5.41, 5.74) is 0.659. The van der Waals surface area contributed by atoms with Gasteiger partial charge in [0, 0.05) is 5.56 Å². The van der Waals surface area contributed by atoms with Crippen molar-refractivity contribution < 1.29 is 9.90 Å². The maximum absolute atomic E-state index is 12.1. The zero-order valence-electron chi connectivity index (χ0n) is 8.73. The van der Waals surface area contributed by atoms with Crippen molar-refractivity contribution >= 4 is 5.78 Å². The first-order chi connectivity index (χ1) is 7.11. The molecule has 0 spiro atoms. The van der Waals surface area contributed by atoms with Gasteiger partial charge in [-0.3, -0.25) is 4.79 Å². The van der Waals surface area contributed by atoms with Gasteiger partial charge in [0.15, 0.2) is 5.78 Å². The van der Waals surface area contributed by atoms with Crippen molar-refractivity contribution in [3.63, 3.8) is 0 Å². The Labute approximate surface area is 89.2 Å². The average molecular weight is 202 g/mol. The molecule has 2 atom stereocenters. The molecule has 0 heterocycles. The molecular weight excluding hydrogens is 188 g/mol. The molecule has 1 aromatic rings. The molecule has 2 heteroatoms. The van der Waals surface area contributed by atoms with Crippen LogP contribution in [0.5, 0.6) is 0 Å². The summed E-state index contributed by atoms with van der Waals surface area (Å²) in [6.07, 6.45) is 1.48. The molecule has 2 rings (SSSR count). The topological polar surface area (TPSA) is 37.3 Å². The number of aliphatic hydroxyl groups excluding tert-OH is 1. The molecule has 1 N–H and O–H groups in total. The van der Waals surface area contributed by atoms with E-state index in [1.165, 1.54) is 0 Å². The number of ketones is 1. The van der Waals surface area contributed by atoms with Crippen molar-refractivity contribution in [3.8, 4) is 0 Å². The van der Waals surface area contributed by atoms with E-state index in [2.05, 4.69) is 6.58 Å². The first-order valence-corrected chi connectivity index (χ1v) is 5.04. The van der Waals surface area contributed by atoms with Gasteiger partial charge < -0.3 is 5.11 Å². The summed E-state index contributed by atoms with van der Waals surface area (Å²) in [6, 6.07) is 7.25. The maximum atomic E-state index is 12.1. The quantitative estimate of drug-likeness (QED) is 0.748. The van der Waals surface area contributed by atoms with Gasteiger partial charge in [0.2, 0.25) is 0 Å². The Kier molecular flexibility index (Phi) is 2.24. The summed E-state index contributed by atoms with van der Waals surface area (Å²) in [5.74, 6) is 0.0190. The molecule has 15 heavy (non-hydrogen) atoms. The van der Waals surface area contributed by atoms with Gasteiger partial charge in [-0.05, 0) is 18.9 Å². The van der Waals surface area contributed by atoms with Crippen molar-refractivity contribution in [1.82, 2.24) is 0 Å². The molecule has 0 fully saturated rings. The molecule has 0 amide bonds. The molecule has 0 radical (unpaired) electrons. The van der Waals surface area contributed by atoms with Crippen LogP contribution < -0.4 is 0 Å². The van der Waals surface area contributed by atoms with E-state index in [4.69, 9.17) is 0 Å². The number of allylic oxidation sites excluding steroid dienone is 1. The SMILES string of the molecule is C=CCC1(C)C(=O)c2ccccc2C1O. The number of hydrogen-bond donors (Lipinski definition) is 1. The number of Topliss-reactive ketones (excluding diaryl/α,β-unsaturated/α-hetero) is 1. The maximum Gasteiger partial charge on any atom is 0.172 e. The van der Waals surface area contributed by atoms with Gasteiger partial charge in [-0.25, -0.2) is 0 Å². The summed E-state index contributed by atoms with van der Waals surface area (Å²) < 4.78 is 0. The van der Waals surface area contributed by atoms with Gasteiger partial charge in [-0.1, -0.05) is 30.3 Å². The van der Waals surface area contributed by atoms with E-state index in [0.29, 0.717) is 12.0 Å². The van der Waals surface area contributed by atoms with Crippen LogP contribution in [-0.2, 0) is 0 Å². The van der Waals surface area contributed by atoms with Crippen LogP contribution >= 0.6 is 0 Å². The number of hydrogen-bond acceptors (Lipinski definition) is 2. The second-order valence-electron chi connectivity index (χ2n) is 4.23. The normalized spacial score (nSPS) is 28.9. The predicted octanol–water partition coefficient (Wildman–Crippen LogP) is 2.50. The fourth-order valence-electron chi connectivity index (χ4n) is 2.22. The monoisotopic (exact) mass is 202 g/mol. The van der Waals surface area contributed by atoms with Crippen LogP contribution in [0.3, 0.4) is 0 Å². The van der Waals surface area contributed by atoms with Gasteiger partial charge in [0.25, 0.3) is 0 Å². The van der Waals surface area contributed by atoms with Crippen molar-refractivity contribution in [2.24, 2.45) is 5.41 Å². The van der Waals surface area contributed by atoms with E-state index in [9.17, 15) is 9.90 Å². The van der Waals surface area contributed by atoms with Crippen LogP contribution in [0.1, 0.15) is 35.4 Å². The minimum absolute atomic E-state index is 0.0190. The van der Waals surface area contributed by atoms with E-state index in [1.807, 2.05) is 18.2 Å². The van der Waals surface area contributed by atoms with Crippen LogP contribution in [-0.4, -0.2) is 10.9 Å². The Morgan fingerprint density at radius 1 is 1.53 bits per heavy atom. The second-order valence-corrected chi connectivity index (χ2v) is 4.23. The van der Waals surface area contributed by atoms with E-state index in [1.54, 1.807) is 19.1 Å². The molecule has 2 nitrogen and oxygen atoms in total. The number of aliphatic hydroxyl groups is 1. The molecule has 0 saturated carbocycles. The Morgan fingerprint density at radius 2 is 2.20 bits per heavy atom. The highest BCUT2D eigenvalue weighted by molar-refractivity contribution is 6.05. The smallest absolute Gasteiger partial charge is 0.172 e. The highest BCUT2D eigenvalue weighted by atomic mass is 16.3. The van der Waals surface area contributed by atoms with Crippen LogP contribution in [0.2, 0.25) is 0 Å². The molecule has 2 unspecified atom stereocenters. The second kappa shape index (κ2) is 3.31. The standard InChI is InChI=1S/C13H14O2/c1-3-8-13(2)11(14)9-6-4-5-7-10(9)12(13)15/h3-7,11,14H,1,8H2,2H3. The Morgan fingerprint density at radius 3 is 2.80 bits per heavy atom. The first kappa shape index (κ1) is 10.1. The lowest BCUT2D eigenvalue weighted by atomic mass is 9.80. The number of carbonyl (C=O) groups is 1. The number of fused-ring (bicyclic) bond motifs is 1. The lowest BCUT2D eigenvalue weighted by Gasteiger charge is -2.24. The molecule has 0 saturated heterocycles. The van der Waals surface area contributed by atoms with Gasteiger partial charge in [0.1, 0.15) is 0 Å². The van der Waals surface area contributed by atoms with Gasteiger partial charge >= 0.3 is 0 Å². The van der Waals surface area contributed by atoms with Crippen molar-refractivity contribution in [1.29, 1.82) is 0 Å². The van der Waals surface area contributed by atoms with E-state index in [-0.39, 0.29) is 5.78 Å². The van der Waals surface area contributed by atoms with Gasteiger partial charge in [-0.15, -0.1) is 6.58 Å². The predicted molar refractivity (Wildman–Crippen MR) is 58.7 cm³/mol. The highest BCUT2D eigenvalue weighted by Crippen LogP contribution is 2.47.